The highest BCUT2D eigenvalue weighted by Crippen LogP contribution is 2.50. The van der Waals surface area contributed by atoms with Gasteiger partial charge in [-0.3, -0.25) is 4.79 Å². The number of benzene rings is 1. The van der Waals surface area contributed by atoms with Crippen LogP contribution in [0, 0.1) is 5.41 Å². The van der Waals surface area contributed by atoms with Crippen LogP contribution < -0.4 is 10.1 Å². The van der Waals surface area contributed by atoms with Gasteiger partial charge in [0.05, 0.1) is 7.11 Å². The maximum atomic E-state index is 12.4. The van der Waals surface area contributed by atoms with E-state index in [1.807, 2.05) is 39.0 Å². The number of piperidine rings is 2. The minimum Gasteiger partial charge on any atom is -0.496 e. The molecule has 1 spiro atoms. The molecule has 2 aliphatic rings. The standard InChI is InChI=1S/C21H30N2O4/c1-20(2,3)27-19(25)23-11-9-21(10-12-23)13-18(24)22-14-16(21)15-7-5-6-8-17(15)26-4/h5-8,16H,9-14H2,1-4H3,(H,22,24)/t16-/m0/s1. The van der Waals surface area contributed by atoms with E-state index in [9.17, 15) is 9.59 Å². The molecule has 2 saturated heterocycles. The summed E-state index contributed by atoms with van der Waals surface area (Å²) in [6.45, 7) is 7.44. The second-order valence-corrected chi connectivity index (χ2v) is 8.61. The van der Waals surface area contributed by atoms with E-state index in [1.165, 1.54) is 0 Å². The number of ether oxygens (including phenoxy) is 2. The molecule has 0 bridgehead atoms. The molecule has 148 valence electrons. The van der Waals surface area contributed by atoms with Gasteiger partial charge in [-0.15, -0.1) is 0 Å². The van der Waals surface area contributed by atoms with Crippen LogP contribution >= 0.6 is 0 Å². The van der Waals surface area contributed by atoms with Crippen molar-refractivity contribution in [3.8, 4) is 5.75 Å². The lowest BCUT2D eigenvalue weighted by atomic mass is 9.62. The predicted molar refractivity (Wildman–Crippen MR) is 103 cm³/mol. The second kappa shape index (κ2) is 7.41. The SMILES string of the molecule is COc1ccccc1[C@@H]1CNC(=O)CC12CCN(C(=O)OC(C)(C)C)CC2. The molecule has 2 fully saturated rings. The summed E-state index contributed by atoms with van der Waals surface area (Å²) in [7, 11) is 1.68. The van der Waals surface area contributed by atoms with Crippen LogP contribution in [0.3, 0.4) is 0 Å². The third-order valence-corrected chi connectivity index (χ3v) is 5.68. The zero-order chi connectivity index (χ0) is 19.7. The molecule has 1 aromatic carbocycles. The van der Waals surface area contributed by atoms with Gasteiger partial charge in [0.2, 0.25) is 5.91 Å². The quantitative estimate of drug-likeness (QED) is 0.862. The number of likely N-dealkylation sites (tertiary alicyclic amines) is 1. The Balaban J connectivity index is 1.80. The molecule has 6 nitrogen and oxygen atoms in total. The molecule has 2 aliphatic heterocycles. The lowest BCUT2D eigenvalue weighted by Crippen LogP contribution is -2.53. The van der Waals surface area contributed by atoms with Gasteiger partial charge in [0.25, 0.3) is 0 Å². The van der Waals surface area contributed by atoms with Crippen LogP contribution in [0.25, 0.3) is 0 Å². The van der Waals surface area contributed by atoms with E-state index in [1.54, 1.807) is 12.0 Å². The summed E-state index contributed by atoms with van der Waals surface area (Å²) in [6, 6.07) is 8.03. The minimum absolute atomic E-state index is 0.0897. The van der Waals surface area contributed by atoms with Crippen LogP contribution in [0.2, 0.25) is 0 Å². The van der Waals surface area contributed by atoms with E-state index in [0.29, 0.717) is 26.1 Å². The maximum absolute atomic E-state index is 12.4. The van der Waals surface area contributed by atoms with Gasteiger partial charge in [-0.2, -0.15) is 0 Å². The molecule has 1 atom stereocenters. The Bertz CT molecular complexity index is 702. The Morgan fingerprint density at radius 3 is 2.52 bits per heavy atom. The zero-order valence-corrected chi connectivity index (χ0v) is 16.7. The van der Waals surface area contributed by atoms with Gasteiger partial charge in [0, 0.05) is 32.0 Å². The first-order valence-electron chi connectivity index (χ1n) is 9.62. The van der Waals surface area contributed by atoms with Crippen molar-refractivity contribution in [1.82, 2.24) is 10.2 Å². The van der Waals surface area contributed by atoms with Crippen molar-refractivity contribution in [2.75, 3.05) is 26.7 Å². The van der Waals surface area contributed by atoms with E-state index in [-0.39, 0.29) is 23.3 Å². The minimum atomic E-state index is -0.503. The second-order valence-electron chi connectivity index (χ2n) is 8.61. The fraction of sp³-hybridized carbons (Fsp3) is 0.619. The Morgan fingerprint density at radius 1 is 1.22 bits per heavy atom. The van der Waals surface area contributed by atoms with Crippen molar-refractivity contribution >= 4 is 12.0 Å². The highest BCUT2D eigenvalue weighted by atomic mass is 16.6. The summed E-state index contributed by atoms with van der Waals surface area (Å²) in [5, 5.41) is 3.02. The van der Waals surface area contributed by atoms with Crippen molar-refractivity contribution in [3.05, 3.63) is 29.8 Å². The molecule has 0 aromatic heterocycles. The number of para-hydroxylation sites is 1. The van der Waals surface area contributed by atoms with Crippen molar-refractivity contribution in [2.45, 2.75) is 51.6 Å². The number of carbonyl (C=O) groups excluding carboxylic acids is 2. The highest BCUT2D eigenvalue weighted by Gasteiger charge is 2.47. The summed E-state index contributed by atoms with van der Waals surface area (Å²) in [6.07, 6.45) is 1.77. The fourth-order valence-corrected chi connectivity index (χ4v) is 4.32. The first-order valence-corrected chi connectivity index (χ1v) is 9.62. The molecule has 6 heteroatoms. The van der Waals surface area contributed by atoms with E-state index in [0.717, 1.165) is 24.2 Å². The van der Waals surface area contributed by atoms with Gasteiger partial charge in [-0.25, -0.2) is 4.79 Å². The smallest absolute Gasteiger partial charge is 0.410 e. The largest absolute Gasteiger partial charge is 0.496 e. The predicted octanol–water partition coefficient (Wildman–Crippen LogP) is 3.32. The van der Waals surface area contributed by atoms with Crippen molar-refractivity contribution in [2.24, 2.45) is 5.41 Å². The van der Waals surface area contributed by atoms with E-state index in [2.05, 4.69) is 11.4 Å². The van der Waals surface area contributed by atoms with Gasteiger partial charge >= 0.3 is 6.09 Å². The maximum Gasteiger partial charge on any atom is 0.410 e. The molecule has 2 heterocycles. The summed E-state index contributed by atoms with van der Waals surface area (Å²) >= 11 is 0. The number of carbonyl (C=O) groups is 2. The van der Waals surface area contributed by atoms with Crippen LogP contribution in [-0.2, 0) is 9.53 Å². The number of nitrogens with zero attached hydrogens (tertiary/aromatic N) is 1. The van der Waals surface area contributed by atoms with Crippen LogP contribution in [0.15, 0.2) is 24.3 Å². The summed E-state index contributed by atoms with van der Waals surface area (Å²) in [5.41, 5.74) is 0.470. The average Bonchev–Trinajstić information content (AvgIpc) is 2.61. The van der Waals surface area contributed by atoms with Crippen LogP contribution in [0.4, 0.5) is 4.79 Å². The Labute approximate surface area is 161 Å². The fourth-order valence-electron chi connectivity index (χ4n) is 4.32. The van der Waals surface area contributed by atoms with Crippen molar-refractivity contribution < 1.29 is 19.1 Å². The summed E-state index contributed by atoms with van der Waals surface area (Å²) in [4.78, 5) is 26.4. The number of methoxy groups -OCH3 is 1. The summed E-state index contributed by atoms with van der Waals surface area (Å²) < 4.78 is 11.1. The molecular weight excluding hydrogens is 344 g/mol. The first kappa shape index (κ1) is 19.5. The molecule has 0 radical (unpaired) electrons. The first-order chi connectivity index (χ1) is 12.7. The molecule has 1 N–H and O–H groups in total. The highest BCUT2D eigenvalue weighted by molar-refractivity contribution is 5.78. The van der Waals surface area contributed by atoms with Crippen LogP contribution in [-0.4, -0.2) is 49.2 Å². The third-order valence-electron chi connectivity index (χ3n) is 5.68. The van der Waals surface area contributed by atoms with E-state index >= 15 is 0 Å². The number of rotatable bonds is 2. The lowest BCUT2D eigenvalue weighted by Gasteiger charge is -2.49. The molecule has 0 unspecified atom stereocenters. The monoisotopic (exact) mass is 374 g/mol. The molecule has 0 saturated carbocycles. The van der Waals surface area contributed by atoms with Gasteiger partial charge in [0.15, 0.2) is 0 Å². The topological polar surface area (TPSA) is 67.9 Å². The van der Waals surface area contributed by atoms with E-state index < -0.39 is 5.60 Å². The van der Waals surface area contributed by atoms with Gasteiger partial charge in [0.1, 0.15) is 11.4 Å². The van der Waals surface area contributed by atoms with E-state index in [4.69, 9.17) is 9.47 Å². The van der Waals surface area contributed by atoms with Crippen LogP contribution in [0.5, 0.6) is 5.75 Å². The van der Waals surface area contributed by atoms with Gasteiger partial charge < -0.3 is 19.7 Å². The van der Waals surface area contributed by atoms with Crippen LogP contribution in [0.1, 0.15) is 51.5 Å². The third kappa shape index (κ3) is 4.20. The molecule has 2 amide bonds. The Kier molecular flexibility index (Phi) is 5.36. The molecule has 1 aromatic rings. The molecule has 0 aliphatic carbocycles. The number of amides is 2. The van der Waals surface area contributed by atoms with Gasteiger partial charge in [-0.05, 0) is 50.7 Å². The van der Waals surface area contributed by atoms with Gasteiger partial charge in [-0.1, -0.05) is 18.2 Å². The molecule has 3 rings (SSSR count). The molecular formula is C21H30N2O4. The average molecular weight is 374 g/mol. The Morgan fingerprint density at radius 2 is 1.89 bits per heavy atom. The number of hydrogen-bond acceptors (Lipinski definition) is 4. The number of nitrogens with one attached hydrogen (secondary N) is 1. The normalized spacial score (nSPS) is 22.3. The summed E-state index contributed by atoms with van der Waals surface area (Å²) in [5.74, 6) is 1.12. The molecule has 27 heavy (non-hydrogen) atoms. The Hall–Kier alpha value is -2.24. The zero-order valence-electron chi connectivity index (χ0n) is 16.7. The van der Waals surface area contributed by atoms with Crippen molar-refractivity contribution in [3.63, 3.8) is 0 Å². The van der Waals surface area contributed by atoms with Crippen molar-refractivity contribution in [1.29, 1.82) is 0 Å². The number of hydrogen-bond donors (Lipinski definition) is 1. The lowest BCUT2D eigenvalue weighted by molar-refractivity contribution is -0.128.